The van der Waals surface area contributed by atoms with Gasteiger partial charge < -0.3 is 4.74 Å². The van der Waals surface area contributed by atoms with Crippen LogP contribution in [0.4, 0.5) is 0 Å². The van der Waals surface area contributed by atoms with Crippen molar-refractivity contribution in [2.24, 2.45) is 0 Å². The molecule has 0 spiro atoms. The molecular weight excluding hydrogens is 444 g/mol. The molecule has 0 unspecified atom stereocenters. The SMILES string of the molecule is CCCCc1nc2sc3c(SCCN4CCOCC4)nc(SC)nc3c2c2c1CCC2. The van der Waals surface area contributed by atoms with Gasteiger partial charge in [0, 0.05) is 36.5 Å². The van der Waals surface area contributed by atoms with Crippen molar-refractivity contribution in [3.63, 3.8) is 0 Å². The fraction of sp³-hybridized carbons (Fsp3) is 0.609. The molecule has 0 N–H and O–H groups in total. The molecule has 5 rings (SSSR count). The first-order valence-electron chi connectivity index (χ1n) is 11.4. The summed E-state index contributed by atoms with van der Waals surface area (Å²) in [6.45, 7) is 7.12. The summed E-state index contributed by atoms with van der Waals surface area (Å²) in [5, 5.41) is 3.33. The van der Waals surface area contributed by atoms with Crippen LogP contribution in [0.25, 0.3) is 20.4 Å². The fourth-order valence-electron chi connectivity index (χ4n) is 4.64. The second-order valence-corrected chi connectivity index (χ2v) is 11.1. The van der Waals surface area contributed by atoms with Crippen LogP contribution in [0.2, 0.25) is 0 Å². The van der Waals surface area contributed by atoms with E-state index in [-0.39, 0.29) is 0 Å². The van der Waals surface area contributed by atoms with Crippen LogP contribution in [-0.4, -0.2) is 64.7 Å². The molecule has 4 heterocycles. The van der Waals surface area contributed by atoms with E-state index in [1.165, 1.54) is 57.4 Å². The summed E-state index contributed by atoms with van der Waals surface area (Å²) >= 11 is 5.32. The van der Waals surface area contributed by atoms with Gasteiger partial charge in [-0.15, -0.1) is 23.1 Å². The Morgan fingerprint density at radius 3 is 2.74 bits per heavy atom. The van der Waals surface area contributed by atoms with Gasteiger partial charge in [-0.3, -0.25) is 4.90 Å². The number of aryl methyl sites for hydroxylation is 2. The van der Waals surface area contributed by atoms with Crippen LogP contribution < -0.4 is 0 Å². The zero-order chi connectivity index (χ0) is 21.2. The molecule has 8 heteroatoms. The first-order valence-corrected chi connectivity index (χ1v) is 14.4. The van der Waals surface area contributed by atoms with Crippen LogP contribution in [0, 0.1) is 0 Å². The van der Waals surface area contributed by atoms with E-state index in [0.29, 0.717) is 0 Å². The van der Waals surface area contributed by atoms with Crippen molar-refractivity contribution >= 4 is 55.3 Å². The highest BCUT2D eigenvalue weighted by atomic mass is 32.2. The number of fused-ring (bicyclic) bond motifs is 5. The fourth-order valence-corrected chi connectivity index (χ4v) is 7.33. The molecule has 1 aliphatic heterocycles. The van der Waals surface area contributed by atoms with Gasteiger partial charge in [-0.05, 0) is 49.5 Å². The van der Waals surface area contributed by atoms with E-state index in [0.717, 1.165) is 67.1 Å². The summed E-state index contributed by atoms with van der Waals surface area (Å²) < 4.78 is 6.71. The molecule has 3 aromatic heterocycles. The number of hydrogen-bond donors (Lipinski definition) is 0. The quantitative estimate of drug-likeness (QED) is 0.252. The topological polar surface area (TPSA) is 51.1 Å². The predicted octanol–water partition coefficient (Wildman–Crippen LogP) is 5.22. The highest BCUT2D eigenvalue weighted by Gasteiger charge is 2.25. The number of pyridine rings is 1. The van der Waals surface area contributed by atoms with Crippen LogP contribution in [0.3, 0.4) is 0 Å². The van der Waals surface area contributed by atoms with E-state index in [9.17, 15) is 0 Å². The molecule has 2 aliphatic rings. The number of unbranched alkanes of at least 4 members (excludes halogenated alkanes) is 1. The van der Waals surface area contributed by atoms with Crippen LogP contribution in [-0.2, 0) is 24.0 Å². The second kappa shape index (κ2) is 9.91. The lowest BCUT2D eigenvalue weighted by molar-refractivity contribution is 0.0410. The smallest absolute Gasteiger partial charge is 0.189 e. The minimum atomic E-state index is 0.854. The zero-order valence-electron chi connectivity index (χ0n) is 18.4. The molecule has 3 aromatic rings. The Balaban J connectivity index is 1.52. The van der Waals surface area contributed by atoms with Crippen molar-refractivity contribution in [2.45, 2.75) is 55.6 Å². The third-order valence-corrected chi connectivity index (χ3v) is 8.98. The summed E-state index contributed by atoms with van der Waals surface area (Å²) in [7, 11) is 0. The Kier molecular flexibility index (Phi) is 7.00. The lowest BCUT2D eigenvalue weighted by atomic mass is 10.0. The molecule has 5 nitrogen and oxygen atoms in total. The summed E-state index contributed by atoms with van der Waals surface area (Å²) in [5.74, 6) is 1.04. The molecule has 0 amide bonds. The maximum atomic E-state index is 5.48. The van der Waals surface area contributed by atoms with Crippen LogP contribution >= 0.6 is 34.9 Å². The monoisotopic (exact) mass is 474 g/mol. The minimum absolute atomic E-state index is 0.854. The van der Waals surface area contributed by atoms with Crippen molar-refractivity contribution in [1.29, 1.82) is 0 Å². The van der Waals surface area contributed by atoms with Crippen molar-refractivity contribution in [3.8, 4) is 0 Å². The summed E-state index contributed by atoms with van der Waals surface area (Å²) in [4.78, 5) is 18.8. The van der Waals surface area contributed by atoms with Gasteiger partial charge in [0.2, 0.25) is 0 Å². The molecule has 1 fully saturated rings. The van der Waals surface area contributed by atoms with E-state index < -0.39 is 0 Å². The number of thiophene rings is 1. The maximum absolute atomic E-state index is 5.48. The predicted molar refractivity (Wildman–Crippen MR) is 133 cm³/mol. The van der Waals surface area contributed by atoms with Gasteiger partial charge in [0.1, 0.15) is 9.86 Å². The summed E-state index contributed by atoms with van der Waals surface area (Å²) in [6.07, 6.45) is 9.19. The average Bonchev–Trinajstić information content (AvgIpc) is 3.42. The van der Waals surface area contributed by atoms with E-state index in [4.69, 9.17) is 19.7 Å². The highest BCUT2D eigenvalue weighted by Crippen LogP contribution is 2.43. The van der Waals surface area contributed by atoms with Gasteiger partial charge in [-0.2, -0.15) is 0 Å². The van der Waals surface area contributed by atoms with Crippen LogP contribution in [0.5, 0.6) is 0 Å². The number of hydrogen-bond acceptors (Lipinski definition) is 8. The number of aromatic nitrogens is 3. The molecule has 0 radical (unpaired) electrons. The first kappa shape index (κ1) is 21.9. The van der Waals surface area contributed by atoms with Gasteiger partial charge in [-0.25, -0.2) is 15.0 Å². The first-order chi connectivity index (χ1) is 15.3. The normalized spacial score (nSPS) is 17.1. The van der Waals surface area contributed by atoms with Crippen LogP contribution in [0.15, 0.2) is 10.2 Å². The third-order valence-electron chi connectivity index (χ3n) is 6.27. The summed E-state index contributed by atoms with van der Waals surface area (Å²) in [5.41, 5.74) is 5.53. The maximum Gasteiger partial charge on any atom is 0.189 e. The Morgan fingerprint density at radius 1 is 1.10 bits per heavy atom. The van der Waals surface area contributed by atoms with E-state index in [2.05, 4.69) is 18.1 Å². The Bertz CT molecular complexity index is 1080. The lowest BCUT2D eigenvalue weighted by Gasteiger charge is -2.26. The molecule has 0 bridgehead atoms. The van der Waals surface area contributed by atoms with Crippen molar-refractivity contribution in [3.05, 3.63) is 16.8 Å². The summed E-state index contributed by atoms with van der Waals surface area (Å²) in [6, 6.07) is 0. The largest absolute Gasteiger partial charge is 0.379 e. The molecule has 0 aromatic carbocycles. The third kappa shape index (κ3) is 4.47. The average molecular weight is 475 g/mol. The van der Waals surface area contributed by atoms with Gasteiger partial charge >= 0.3 is 0 Å². The van der Waals surface area contributed by atoms with Crippen molar-refractivity contribution in [2.75, 3.05) is 44.9 Å². The standard InChI is InChI=1S/C23H30N4OS3/c1-3-4-8-17-15-6-5-7-16(15)18-19-20(31-21(18)24-17)22(26-23(25-19)29-2)30-14-11-27-9-12-28-13-10-27/h3-14H2,1-2H3. The van der Waals surface area contributed by atoms with Gasteiger partial charge in [0.25, 0.3) is 0 Å². The molecular formula is C23H30N4OS3. The molecule has 1 aliphatic carbocycles. The highest BCUT2D eigenvalue weighted by molar-refractivity contribution is 7.99. The lowest BCUT2D eigenvalue weighted by Crippen LogP contribution is -2.37. The number of morpholine rings is 1. The minimum Gasteiger partial charge on any atom is -0.379 e. The number of ether oxygens (including phenoxy) is 1. The van der Waals surface area contributed by atoms with Gasteiger partial charge in [0.15, 0.2) is 5.16 Å². The Labute approximate surface area is 196 Å². The molecule has 0 saturated carbocycles. The van der Waals surface area contributed by atoms with E-state index in [1.807, 2.05) is 23.1 Å². The van der Waals surface area contributed by atoms with E-state index in [1.54, 1.807) is 11.8 Å². The van der Waals surface area contributed by atoms with E-state index >= 15 is 0 Å². The number of thioether (sulfide) groups is 2. The molecule has 31 heavy (non-hydrogen) atoms. The molecule has 1 saturated heterocycles. The second-order valence-electron chi connectivity index (χ2n) is 8.25. The Morgan fingerprint density at radius 2 is 1.94 bits per heavy atom. The molecule has 0 atom stereocenters. The van der Waals surface area contributed by atoms with Crippen molar-refractivity contribution in [1.82, 2.24) is 19.9 Å². The van der Waals surface area contributed by atoms with Crippen molar-refractivity contribution < 1.29 is 4.74 Å². The molecule has 166 valence electrons. The van der Waals surface area contributed by atoms with Gasteiger partial charge in [0.05, 0.1) is 23.4 Å². The number of rotatable bonds is 8. The number of nitrogens with zero attached hydrogens (tertiary/aromatic N) is 4. The van der Waals surface area contributed by atoms with Gasteiger partial charge in [-0.1, -0.05) is 25.1 Å². The van der Waals surface area contributed by atoms with Crippen LogP contribution in [0.1, 0.15) is 43.0 Å². The Hall–Kier alpha value is -0.930. The zero-order valence-corrected chi connectivity index (χ0v) is 20.9.